The summed E-state index contributed by atoms with van der Waals surface area (Å²) in [5.41, 5.74) is 2.02. The molecule has 3 aromatic rings. The van der Waals surface area contributed by atoms with Crippen molar-refractivity contribution in [2.45, 2.75) is 25.1 Å². The Morgan fingerprint density at radius 3 is 2.83 bits per heavy atom. The summed E-state index contributed by atoms with van der Waals surface area (Å²) in [5.74, 6) is 1.13. The number of β-amino-alcohol motifs (C(OH)–C–C–N with tert-alkyl or cyclic N) is 1. The Morgan fingerprint density at radius 2 is 2.04 bits per heavy atom. The van der Waals surface area contributed by atoms with Crippen LogP contribution in [0.1, 0.15) is 23.9 Å². The van der Waals surface area contributed by atoms with Crippen LogP contribution in [0.2, 0.25) is 0 Å². The van der Waals surface area contributed by atoms with E-state index in [2.05, 4.69) is 20.0 Å². The Labute approximate surface area is 139 Å². The second kappa shape index (κ2) is 6.51. The Hall–Kier alpha value is -2.57. The topological polar surface area (TPSA) is 75.3 Å². The smallest absolute Gasteiger partial charge is 0.244 e. The summed E-state index contributed by atoms with van der Waals surface area (Å²) in [4.78, 5) is 10.8. The molecule has 1 N–H and O–H groups in total. The minimum Gasteiger partial charge on any atom is -0.392 e. The monoisotopic (exact) mass is 322 g/mol. The molecule has 0 amide bonds. The maximum atomic E-state index is 10.1. The van der Waals surface area contributed by atoms with E-state index >= 15 is 0 Å². The normalized spacial score (nSPS) is 21.2. The molecule has 24 heavy (non-hydrogen) atoms. The highest BCUT2D eigenvalue weighted by Crippen LogP contribution is 2.33. The fourth-order valence-electron chi connectivity index (χ4n) is 3.11. The van der Waals surface area contributed by atoms with Crippen LogP contribution in [-0.2, 0) is 6.54 Å². The first-order chi connectivity index (χ1) is 11.8. The molecule has 6 heteroatoms. The van der Waals surface area contributed by atoms with Gasteiger partial charge in [-0.2, -0.15) is 4.98 Å². The van der Waals surface area contributed by atoms with E-state index in [0.717, 1.165) is 11.1 Å². The molecule has 1 aliphatic heterocycles. The fourth-order valence-corrected chi connectivity index (χ4v) is 3.11. The lowest BCUT2D eigenvalue weighted by atomic mass is 10.2. The third-order valence-corrected chi connectivity index (χ3v) is 4.25. The fraction of sp³-hybridized carbons (Fsp3) is 0.278. The number of hydrogen-bond acceptors (Lipinski definition) is 6. The Balaban J connectivity index is 1.57. The van der Waals surface area contributed by atoms with Crippen LogP contribution >= 0.6 is 0 Å². The van der Waals surface area contributed by atoms with Gasteiger partial charge >= 0.3 is 0 Å². The van der Waals surface area contributed by atoms with Gasteiger partial charge in [0.25, 0.3) is 0 Å². The highest BCUT2D eigenvalue weighted by atomic mass is 16.5. The number of rotatable bonds is 4. The maximum absolute atomic E-state index is 10.1. The number of aliphatic hydroxyl groups excluding tert-OH is 1. The highest BCUT2D eigenvalue weighted by Gasteiger charge is 2.35. The first-order valence-electron chi connectivity index (χ1n) is 7.99. The van der Waals surface area contributed by atoms with Crippen LogP contribution in [0.3, 0.4) is 0 Å². The summed E-state index contributed by atoms with van der Waals surface area (Å²) in [7, 11) is 0. The van der Waals surface area contributed by atoms with Gasteiger partial charge in [0.15, 0.2) is 0 Å². The molecule has 0 bridgehead atoms. The molecule has 2 aromatic heterocycles. The zero-order valence-corrected chi connectivity index (χ0v) is 13.1. The van der Waals surface area contributed by atoms with E-state index in [9.17, 15) is 5.11 Å². The van der Waals surface area contributed by atoms with Crippen molar-refractivity contribution in [2.24, 2.45) is 0 Å². The lowest BCUT2D eigenvalue weighted by Gasteiger charge is -2.20. The van der Waals surface area contributed by atoms with Crippen LogP contribution in [0.5, 0.6) is 0 Å². The Morgan fingerprint density at radius 1 is 1.17 bits per heavy atom. The third kappa shape index (κ3) is 3.06. The average Bonchev–Trinajstić information content (AvgIpc) is 3.23. The number of likely N-dealkylation sites (tertiary alicyclic amines) is 1. The summed E-state index contributed by atoms with van der Waals surface area (Å²) in [6.45, 7) is 1.28. The van der Waals surface area contributed by atoms with E-state index in [1.165, 1.54) is 0 Å². The van der Waals surface area contributed by atoms with Crippen molar-refractivity contribution in [1.82, 2.24) is 20.0 Å². The molecule has 1 aliphatic rings. The number of benzene rings is 1. The molecular formula is C18H18N4O2. The predicted molar refractivity (Wildman–Crippen MR) is 87.7 cm³/mol. The minimum absolute atomic E-state index is 0.0785. The van der Waals surface area contributed by atoms with Crippen LogP contribution in [0, 0.1) is 0 Å². The lowest BCUT2D eigenvalue weighted by Crippen LogP contribution is -2.24. The molecule has 122 valence electrons. The van der Waals surface area contributed by atoms with Gasteiger partial charge in [-0.25, -0.2) is 0 Å². The van der Waals surface area contributed by atoms with E-state index in [1.807, 2.05) is 48.7 Å². The standard InChI is InChI=1S/C18H18N4O2/c23-15-9-16(22(12-15)11-13-5-4-8-19-10-13)18-20-17(21-24-18)14-6-2-1-3-7-14/h1-8,10,15-16,23H,9,11-12H2/t15-,16+/m1/s1. The average molecular weight is 322 g/mol. The number of aromatic nitrogens is 3. The molecule has 0 unspecified atom stereocenters. The van der Waals surface area contributed by atoms with Crippen molar-refractivity contribution in [3.05, 3.63) is 66.3 Å². The van der Waals surface area contributed by atoms with Crippen molar-refractivity contribution in [3.8, 4) is 11.4 Å². The van der Waals surface area contributed by atoms with Gasteiger partial charge < -0.3 is 9.63 Å². The van der Waals surface area contributed by atoms with Crippen LogP contribution in [0.25, 0.3) is 11.4 Å². The molecule has 1 saturated heterocycles. The number of nitrogens with zero attached hydrogens (tertiary/aromatic N) is 4. The molecule has 1 fully saturated rings. The first kappa shape index (κ1) is 15.0. The summed E-state index contributed by atoms with van der Waals surface area (Å²) in [6, 6.07) is 13.6. The molecular weight excluding hydrogens is 304 g/mol. The van der Waals surface area contributed by atoms with E-state index in [-0.39, 0.29) is 6.04 Å². The van der Waals surface area contributed by atoms with Gasteiger partial charge in [0, 0.05) is 31.0 Å². The summed E-state index contributed by atoms with van der Waals surface area (Å²) in [5, 5.41) is 14.2. The van der Waals surface area contributed by atoms with Gasteiger partial charge in [-0.15, -0.1) is 0 Å². The number of aliphatic hydroxyl groups is 1. The largest absolute Gasteiger partial charge is 0.392 e. The SMILES string of the molecule is O[C@@H]1C[C@@H](c2nc(-c3ccccc3)no2)N(Cc2cccnc2)C1. The summed E-state index contributed by atoms with van der Waals surface area (Å²) < 4.78 is 5.49. The van der Waals surface area contributed by atoms with Crippen LogP contribution in [-0.4, -0.2) is 37.8 Å². The van der Waals surface area contributed by atoms with Crippen LogP contribution in [0.4, 0.5) is 0 Å². The Kier molecular flexibility index (Phi) is 4.06. The van der Waals surface area contributed by atoms with Crippen LogP contribution < -0.4 is 0 Å². The van der Waals surface area contributed by atoms with Gasteiger partial charge in [-0.1, -0.05) is 41.6 Å². The van der Waals surface area contributed by atoms with Gasteiger partial charge in [0.2, 0.25) is 11.7 Å². The van der Waals surface area contributed by atoms with E-state index in [4.69, 9.17) is 4.52 Å². The highest BCUT2D eigenvalue weighted by molar-refractivity contribution is 5.53. The second-order valence-electron chi connectivity index (χ2n) is 6.02. The van der Waals surface area contributed by atoms with Crippen molar-refractivity contribution in [2.75, 3.05) is 6.54 Å². The van der Waals surface area contributed by atoms with Gasteiger partial charge in [0.1, 0.15) is 0 Å². The van der Waals surface area contributed by atoms with Crippen molar-refractivity contribution >= 4 is 0 Å². The molecule has 3 heterocycles. The molecule has 2 atom stereocenters. The molecule has 1 aromatic carbocycles. The van der Waals surface area contributed by atoms with Crippen molar-refractivity contribution in [1.29, 1.82) is 0 Å². The van der Waals surface area contributed by atoms with Gasteiger partial charge in [0.05, 0.1) is 12.1 Å². The molecule has 0 spiro atoms. The number of hydrogen-bond donors (Lipinski definition) is 1. The molecule has 0 radical (unpaired) electrons. The number of pyridine rings is 1. The zero-order chi connectivity index (χ0) is 16.4. The summed E-state index contributed by atoms with van der Waals surface area (Å²) >= 11 is 0. The Bertz CT molecular complexity index is 791. The minimum atomic E-state index is -0.390. The molecule has 6 nitrogen and oxygen atoms in total. The lowest BCUT2D eigenvalue weighted by molar-refractivity contribution is 0.169. The van der Waals surface area contributed by atoms with Crippen molar-refractivity contribution < 1.29 is 9.63 Å². The zero-order valence-electron chi connectivity index (χ0n) is 13.1. The maximum Gasteiger partial charge on any atom is 0.244 e. The second-order valence-corrected chi connectivity index (χ2v) is 6.02. The van der Waals surface area contributed by atoms with Gasteiger partial charge in [-0.3, -0.25) is 9.88 Å². The molecule has 0 saturated carbocycles. The van der Waals surface area contributed by atoms with Crippen molar-refractivity contribution in [3.63, 3.8) is 0 Å². The quantitative estimate of drug-likeness (QED) is 0.795. The third-order valence-electron chi connectivity index (χ3n) is 4.25. The molecule has 0 aliphatic carbocycles. The molecule has 4 rings (SSSR count). The summed E-state index contributed by atoms with van der Waals surface area (Å²) in [6.07, 6.45) is 3.80. The first-order valence-corrected chi connectivity index (χ1v) is 7.99. The van der Waals surface area contributed by atoms with E-state index in [0.29, 0.717) is 31.2 Å². The van der Waals surface area contributed by atoms with E-state index < -0.39 is 6.10 Å². The van der Waals surface area contributed by atoms with Gasteiger partial charge in [-0.05, 0) is 18.1 Å². The predicted octanol–water partition coefficient (Wildman–Crippen LogP) is 2.44. The van der Waals surface area contributed by atoms with Crippen LogP contribution in [0.15, 0.2) is 59.4 Å². The van der Waals surface area contributed by atoms with E-state index in [1.54, 1.807) is 6.20 Å².